The molecule has 0 aliphatic heterocycles. The monoisotopic (exact) mass is 417 g/mol. The van der Waals surface area contributed by atoms with Crippen LogP contribution in [0.15, 0.2) is 54.6 Å². The second-order valence-electron chi connectivity index (χ2n) is 5.86. The molecule has 0 fully saturated rings. The molecule has 4 amide bonds. The van der Waals surface area contributed by atoms with Gasteiger partial charge < -0.3 is 15.4 Å². The average molecular weight is 418 g/mol. The molecule has 8 nitrogen and oxygen atoms in total. The molecular formula is C20H20ClN3O5. The second-order valence-corrected chi connectivity index (χ2v) is 6.30. The Balaban J connectivity index is 1.93. The van der Waals surface area contributed by atoms with Gasteiger partial charge in [0.05, 0.1) is 6.42 Å². The molecule has 29 heavy (non-hydrogen) atoms. The zero-order valence-corrected chi connectivity index (χ0v) is 16.4. The van der Waals surface area contributed by atoms with Crippen LogP contribution in [0.3, 0.4) is 0 Å². The number of nitrogens with one attached hydrogen (secondary N) is 3. The van der Waals surface area contributed by atoms with Gasteiger partial charge in [0.15, 0.2) is 0 Å². The minimum atomic E-state index is -1.30. The average Bonchev–Trinajstić information content (AvgIpc) is 2.72. The van der Waals surface area contributed by atoms with Crippen LogP contribution in [-0.2, 0) is 14.3 Å². The number of halogens is 1. The Bertz CT molecular complexity index is 871. The van der Waals surface area contributed by atoms with Gasteiger partial charge in [0.1, 0.15) is 0 Å². The van der Waals surface area contributed by atoms with Crippen LogP contribution >= 0.6 is 11.6 Å². The van der Waals surface area contributed by atoms with Gasteiger partial charge in [-0.2, -0.15) is 0 Å². The lowest BCUT2D eigenvalue weighted by atomic mass is 10.1. The van der Waals surface area contributed by atoms with Crippen molar-refractivity contribution in [2.75, 3.05) is 13.6 Å². The van der Waals surface area contributed by atoms with Gasteiger partial charge in [-0.25, -0.2) is 4.79 Å². The highest BCUT2D eigenvalue weighted by atomic mass is 35.5. The van der Waals surface area contributed by atoms with E-state index in [1.54, 1.807) is 54.6 Å². The number of urea groups is 1. The Labute approximate surface area is 172 Å². The van der Waals surface area contributed by atoms with Gasteiger partial charge in [-0.05, 0) is 24.3 Å². The predicted octanol–water partition coefficient (Wildman–Crippen LogP) is 2.20. The van der Waals surface area contributed by atoms with Crippen molar-refractivity contribution >= 4 is 35.4 Å². The number of hydrogen-bond acceptors (Lipinski definition) is 5. The maximum absolute atomic E-state index is 12.3. The van der Waals surface area contributed by atoms with E-state index in [0.717, 1.165) is 0 Å². The molecule has 1 atom stereocenters. The van der Waals surface area contributed by atoms with Crippen molar-refractivity contribution in [1.29, 1.82) is 0 Å². The lowest BCUT2D eigenvalue weighted by Gasteiger charge is -2.17. The van der Waals surface area contributed by atoms with Gasteiger partial charge in [0, 0.05) is 29.7 Å². The van der Waals surface area contributed by atoms with Gasteiger partial charge in [0.2, 0.25) is 6.10 Å². The second kappa shape index (κ2) is 10.8. The molecule has 152 valence electrons. The third-order valence-corrected chi connectivity index (χ3v) is 4.03. The van der Waals surface area contributed by atoms with Crippen molar-refractivity contribution in [3.63, 3.8) is 0 Å². The zero-order chi connectivity index (χ0) is 21.2. The summed E-state index contributed by atoms with van der Waals surface area (Å²) in [6.07, 6.45) is -1.46. The quantitative estimate of drug-likeness (QED) is 0.597. The van der Waals surface area contributed by atoms with Crippen molar-refractivity contribution in [2.45, 2.75) is 12.5 Å². The first-order valence-corrected chi connectivity index (χ1v) is 9.09. The molecule has 0 aliphatic rings. The topological polar surface area (TPSA) is 114 Å². The van der Waals surface area contributed by atoms with Crippen LogP contribution in [0.1, 0.15) is 28.4 Å². The lowest BCUT2D eigenvalue weighted by molar-refractivity contribution is -0.156. The molecule has 2 aromatic rings. The Morgan fingerprint density at radius 3 is 2.28 bits per heavy atom. The molecule has 0 bridgehead atoms. The molecule has 0 spiro atoms. The summed E-state index contributed by atoms with van der Waals surface area (Å²) >= 11 is 5.78. The summed E-state index contributed by atoms with van der Waals surface area (Å²) in [6.45, 7) is 0.0128. The first-order valence-electron chi connectivity index (χ1n) is 8.71. The Morgan fingerprint density at radius 2 is 1.66 bits per heavy atom. The summed E-state index contributed by atoms with van der Waals surface area (Å²) < 4.78 is 5.25. The van der Waals surface area contributed by atoms with E-state index in [1.807, 2.05) is 0 Å². The molecule has 0 heterocycles. The number of esters is 1. The first-order chi connectivity index (χ1) is 13.9. The van der Waals surface area contributed by atoms with Gasteiger partial charge in [-0.3, -0.25) is 19.7 Å². The van der Waals surface area contributed by atoms with Crippen LogP contribution in [-0.4, -0.2) is 37.4 Å². The number of benzene rings is 2. The molecule has 0 saturated heterocycles. The Morgan fingerprint density at radius 1 is 1.00 bits per heavy atom. The van der Waals surface area contributed by atoms with E-state index in [4.69, 9.17) is 16.3 Å². The molecule has 3 N–H and O–H groups in total. The third kappa shape index (κ3) is 6.93. The summed E-state index contributed by atoms with van der Waals surface area (Å²) in [5, 5.41) is 7.43. The maximum Gasteiger partial charge on any atom is 0.321 e. The Kier molecular flexibility index (Phi) is 8.17. The highest BCUT2D eigenvalue weighted by molar-refractivity contribution is 6.30. The number of carbonyl (C=O) groups excluding carboxylic acids is 4. The number of amides is 4. The molecular weight excluding hydrogens is 398 g/mol. The van der Waals surface area contributed by atoms with E-state index in [2.05, 4.69) is 16.0 Å². The number of ether oxygens (including phenoxy) is 1. The van der Waals surface area contributed by atoms with E-state index < -0.39 is 24.0 Å². The highest BCUT2D eigenvalue weighted by Gasteiger charge is 2.26. The van der Waals surface area contributed by atoms with Crippen molar-refractivity contribution in [3.05, 3.63) is 70.7 Å². The molecule has 0 aromatic heterocycles. The van der Waals surface area contributed by atoms with Crippen molar-refractivity contribution < 1.29 is 23.9 Å². The molecule has 0 radical (unpaired) electrons. The minimum Gasteiger partial charge on any atom is -0.447 e. The van der Waals surface area contributed by atoms with E-state index in [1.165, 1.54) is 7.05 Å². The predicted molar refractivity (Wildman–Crippen MR) is 106 cm³/mol. The SMILES string of the molecule is CNC(=O)NC(=O)C(OC(=O)CCNC(=O)c1ccc(Cl)cc1)c1ccccc1. The number of imide groups is 1. The van der Waals surface area contributed by atoms with E-state index in [-0.39, 0.29) is 18.9 Å². The normalized spacial score (nSPS) is 11.1. The zero-order valence-electron chi connectivity index (χ0n) is 15.6. The van der Waals surface area contributed by atoms with Crippen molar-refractivity contribution in [1.82, 2.24) is 16.0 Å². The fourth-order valence-corrected chi connectivity index (χ4v) is 2.44. The van der Waals surface area contributed by atoms with E-state index in [9.17, 15) is 19.2 Å². The largest absolute Gasteiger partial charge is 0.447 e. The summed E-state index contributed by atoms with van der Waals surface area (Å²) in [7, 11) is 1.36. The molecule has 2 aromatic carbocycles. The summed E-state index contributed by atoms with van der Waals surface area (Å²) in [4.78, 5) is 47.9. The molecule has 0 saturated carbocycles. The summed E-state index contributed by atoms with van der Waals surface area (Å²) in [5.74, 6) is -1.86. The van der Waals surface area contributed by atoms with Crippen LogP contribution in [0.2, 0.25) is 5.02 Å². The smallest absolute Gasteiger partial charge is 0.321 e. The van der Waals surface area contributed by atoms with Gasteiger partial charge >= 0.3 is 12.0 Å². The lowest BCUT2D eigenvalue weighted by Crippen LogP contribution is -2.41. The van der Waals surface area contributed by atoms with Crippen LogP contribution in [0, 0.1) is 0 Å². The standard InChI is InChI=1S/C20H20ClN3O5/c1-22-20(28)24-19(27)17(13-5-3-2-4-6-13)29-16(25)11-12-23-18(26)14-7-9-15(21)10-8-14/h2-10,17H,11-12H2,1H3,(H,23,26)(H2,22,24,27,28). The van der Waals surface area contributed by atoms with Crippen molar-refractivity contribution in [2.24, 2.45) is 0 Å². The minimum absolute atomic E-state index is 0.0128. The van der Waals surface area contributed by atoms with Crippen LogP contribution < -0.4 is 16.0 Å². The number of hydrogen-bond donors (Lipinski definition) is 3. The van der Waals surface area contributed by atoms with Crippen LogP contribution in [0.25, 0.3) is 0 Å². The van der Waals surface area contributed by atoms with Gasteiger partial charge in [-0.1, -0.05) is 41.9 Å². The fourth-order valence-electron chi connectivity index (χ4n) is 2.31. The number of carbonyl (C=O) groups is 4. The fraction of sp³-hybridized carbons (Fsp3) is 0.200. The first kappa shape index (κ1) is 21.9. The molecule has 0 aliphatic carbocycles. The third-order valence-electron chi connectivity index (χ3n) is 3.77. The maximum atomic E-state index is 12.3. The van der Waals surface area contributed by atoms with Crippen molar-refractivity contribution in [3.8, 4) is 0 Å². The highest BCUT2D eigenvalue weighted by Crippen LogP contribution is 2.18. The van der Waals surface area contributed by atoms with Gasteiger partial charge in [-0.15, -0.1) is 0 Å². The van der Waals surface area contributed by atoms with Gasteiger partial charge in [0.25, 0.3) is 11.8 Å². The molecule has 1 unspecified atom stereocenters. The van der Waals surface area contributed by atoms with Crippen LogP contribution in [0.5, 0.6) is 0 Å². The van der Waals surface area contributed by atoms with Crippen LogP contribution in [0.4, 0.5) is 4.79 Å². The van der Waals surface area contributed by atoms with E-state index in [0.29, 0.717) is 16.1 Å². The molecule has 9 heteroatoms. The van der Waals surface area contributed by atoms with E-state index >= 15 is 0 Å². The molecule has 2 rings (SSSR count). The number of rotatable bonds is 7. The summed E-state index contributed by atoms with van der Waals surface area (Å²) in [5.41, 5.74) is 0.808. The Hall–Kier alpha value is -3.39. The summed E-state index contributed by atoms with van der Waals surface area (Å²) in [6, 6.07) is 13.9.